The van der Waals surface area contributed by atoms with Gasteiger partial charge in [0.2, 0.25) is 0 Å². The van der Waals surface area contributed by atoms with Crippen LogP contribution in [0.4, 0.5) is 0 Å². The van der Waals surface area contributed by atoms with Crippen molar-refractivity contribution in [3.05, 3.63) is 95.1 Å². The summed E-state index contributed by atoms with van der Waals surface area (Å²) in [6.45, 7) is 27.1. The Morgan fingerprint density at radius 2 is 0.632 bits per heavy atom. The molecule has 0 N–H and O–H groups in total. The Bertz CT molecular complexity index is 2960. The number of aromatic nitrogens is 8. The fourth-order valence-electron chi connectivity index (χ4n) is 8.26. The molecule has 57 heavy (non-hydrogen) atoms. The Morgan fingerprint density at radius 3 is 0.982 bits per heavy atom. The van der Waals surface area contributed by atoms with Crippen molar-refractivity contribution in [3.63, 3.8) is 0 Å². The van der Waals surface area contributed by atoms with E-state index in [9.17, 15) is 0 Å². The molecule has 0 amide bonds. The molecule has 9 heteroatoms. The Labute approximate surface area is 339 Å². The van der Waals surface area contributed by atoms with E-state index in [1.165, 1.54) is 22.3 Å². The summed E-state index contributed by atoms with van der Waals surface area (Å²) in [7, 11) is 0. The van der Waals surface area contributed by atoms with Crippen LogP contribution in [0.2, 0.25) is 0 Å². The molecule has 6 heterocycles. The van der Waals surface area contributed by atoms with Crippen LogP contribution < -0.4 is 0 Å². The van der Waals surface area contributed by atoms with E-state index in [0.29, 0.717) is 23.3 Å². The second-order valence-corrected chi connectivity index (χ2v) is 21.4. The maximum absolute atomic E-state index is 5.55. The number of benzene rings is 4. The van der Waals surface area contributed by atoms with E-state index in [4.69, 9.17) is 29.9 Å². The molecular formula is C48H48AlN8+. The number of hydrogen-bond acceptors (Lipinski definition) is 6. The molecule has 0 unspecified atom stereocenters. The van der Waals surface area contributed by atoms with Gasteiger partial charge in [0.05, 0.1) is 0 Å². The summed E-state index contributed by atoms with van der Waals surface area (Å²) in [6, 6.07) is 26.9. The molecule has 0 saturated heterocycles. The van der Waals surface area contributed by atoms with Crippen molar-refractivity contribution in [1.82, 2.24) is 36.6 Å². The number of hydrogen-bond donors (Lipinski definition) is 0. The van der Waals surface area contributed by atoms with E-state index in [1.807, 2.05) is 0 Å². The fourth-order valence-corrected chi connectivity index (χ4v) is 9.71. The van der Waals surface area contributed by atoms with Crippen molar-refractivity contribution < 1.29 is 0 Å². The zero-order chi connectivity index (χ0) is 40.1. The third kappa shape index (κ3) is 5.61. The van der Waals surface area contributed by atoms with Gasteiger partial charge in [0.25, 0.3) is 0 Å². The predicted molar refractivity (Wildman–Crippen MR) is 235 cm³/mol. The Balaban J connectivity index is 1.49. The van der Waals surface area contributed by atoms with Crippen LogP contribution >= 0.6 is 0 Å². The van der Waals surface area contributed by atoms with Gasteiger partial charge in [-0.3, -0.25) is 0 Å². The molecule has 2 aliphatic rings. The summed E-state index contributed by atoms with van der Waals surface area (Å²) in [4.78, 5) is 32.8. The molecule has 10 rings (SSSR count). The third-order valence-corrected chi connectivity index (χ3v) is 13.3. The van der Waals surface area contributed by atoms with E-state index < -0.39 is 15.2 Å². The molecule has 0 aliphatic carbocycles. The van der Waals surface area contributed by atoms with Crippen LogP contribution in [-0.4, -0.2) is 51.9 Å². The van der Waals surface area contributed by atoms with Gasteiger partial charge in [0.15, 0.2) is 0 Å². The average Bonchev–Trinajstić information content (AvgIpc) is 3.82. The summed E-state index contributed by atoms with van der Waals surface area (Å²) in [6.07, 6.45) is 0. The van der Waals surface area contributed by atoms with Crippen molar-refractivity contribution in [3.8, 4) is 45.6 Å². The molecule has 8 aromatic rings. The van der Waals surface area contributed by atoms with Crippen LogP contribution in [-0.2, 0) is 21.7 Å². The molecule has 2 aliphatic heterocycles. The van der Waals surface area contributed by atoms with E-state index >= 15 is 0 Å². The minimum atomic E-state index is -0.744. The maximum atomic E-state index is 5.55. The SMILES string of the molecule is CC(C)(C)c1ccc2c(c1)-c1nc-2nc2c3cc(C(C)(C)C)ccc3c3nc4nc(nc5c6cc(C(C)(C)C)ccc6c(n1)[n]5[Al+][n]32)-c1ccc(C(C)(C)C)cc1-4. The van der Waals surface area contributed by atoms with Gasteiger partial charge in [-0.2, -0.15) is 0 Å². The molecule has 282 valence electrons. The summed E-state index contributed by atoms with van der Waals surface area (Å²) in [5.74, 6) is 2.68. The first kappa shape index (κ1) is 36.1. The Morgan fingerprint density at radius 1 is 0.333 bits per heavy atom. The van der Waals surface area contributed by atoms with Gasteiger partial charge in [0, 0.05) is 0 Å². The number of fused-ring (bicyclic) bond motifs is 16. The second kappa shape index (κ2) is 11.7. The molecule has 0 fully saturated rings. The Hall–Kier alpha value is -5.23. The van der Waals surface area contributed by atoms with Crippen LogP contribution in [0.3, 0.4) is 0 Å². The zero-order valence-corrected chi connectivity index (χ0v) is 36.2. The molecule has 6 bridgehead atoms. The van der Waals surface area contributed by atoms with Crippen LogP contribution in [0.1, 0.15) is 105 Å². The molecule has 0 spiro atoms. The second-order valence-electron chi connectivity index (χ2n) is 20.2. The van der Waals surface area contributed by atoms with Gasteiger partial charge in [-0.1, -0.05) is 0 Å². The molecular weight excluding hydrogens is 716 g/mol. The van der Waals surface area contributed by atoms with Gasteiger partial charge in [-0.25, -0.2) is 0 Å². The van der Waals surface area contributed by atoms with E-state index in [-0.39, 0.29) is 21.7 Å². The standard InChI is InChI=1S/C48H48N8.Al/c1-45(2,3)25-13-17-29-33(21-25)41-49-37(29)54-42-35-23-27(47(7,8)9)15-19-31(35)39(51-42)56-44-36-24-28(48(10,11)12)16-20-32(36)40(52-44)55-43-34-22-26(46(4,5)6)14-18-30(34)38(50-43)53-41;/h13-24H,1-12H3;/q-2;+3. The van der Waals surface area contributed by atoms with Gasteiger partial charge >= 0.3 is 341 Å². The van der Waals surface area contributed by atoms with E-state index in [0.717, 1.165) is 66.4 Å². The summed E-state index contributed by atoms with van der Waals surface area (Å²) in [5, 5.41) is 4.17. The molecule has 8 nitrogen and oxygen atoms in total. The number of nitrogens with zero attached hydrogens (tertiary/aromatic N) is 8. The molecule has 0 atom stereocenters. The normalized spacial score (nSPS) is 13.5. The van der Waals surface area contributed by atoms with Crippen molar-refractivity contribution in [2.75, 3.05) is 0 Å². The first-order chi connectivity index (χ1) is 26.7. The first-order valence-corrected chi connectivity index (χ1v) is 21.1. The van der Waals surface area contributed by atoms with Gasteiger partial charge in [0.1, 0.15) is 0 Å². The van der Waals surface area contributed by atoms with Gasteiger partial charge in [-0.05, 0) is 0 Å². The monoisotopic (exact) mass is 763 g/mol. The predicted octanol–water partition coefficient (Wildman–Crippen LogP) is 11.2. The number of rotatable bonds is 0. The zero-order valence-electron chi connectivity index (χ0n) is 35.1. The van der Waals surface area contributed by atoms with Crippen LogP contribution in [0.25, 0.3) is 89.7 Å². The van der Waals surface area contributed by atoms with Gasteiger partial charge < -0.3 is 0 Å². The van der Waals surface area contributed by atoms with Crippen molar-refractivity contribution in [1.29, 1.82) is 0 Å². The van der Waals surface area contributed by atoms with Crippen molar-refractivity contribution in [2.24, 2.45) is 0 Å². The fraction of sp³-hybridized carbons (Fsp3) is 0.333. The summed E-state index contributed by atoms with van der Waals surface area (Å²) in [5.41, 5.74) is 12.0. The van der Waals surface area contributed by atoms with Crippen LogP contribution in [0.15, 0.2) is 72.8 Å². The first-order valence-electron chi connectivity index (χ1n) is 20.0. The minimum absolute atomic E-state index is 0.0536. The summed E-state index contributed by atoms with van der Waals surface area (Å²) < 4.78 is 4.65. The molecule has 0 saturated carbocycles. The average molecular weight is 764 g/mol. The summed E-state index contributed by atoms with van der Waals surface area (Å²) >= 11 is -0.744. The van der Waals surface area contributed by atoms with Crippen molar-refractivity contribution >= 4 is 59.4 Å². The van der Waals surface area contributed by atoms with Gasteiger partial charge in [-0.15, -0.1) is 0 Å². The van der Waals surface area contributed by atoms with E-state index in [2.05, 4.69) is 163 Å². The van der Waals surface area contributed by atoms with Crippen LogP contribution in [0.5, 0.6) is 0 Å². The van der Waals surface area contributed by atoms with Crippen molar-refractivity contribution in [2.45, 2.75) is 105 Å². The molecule has 0 radical (unpaired) electrons. The molecule has 4 aromatic heterocycles. The molecule has 4 aromatic carbocycles. The Kier molecular flexibility index (Phi) is 7.40. The topological polar surface area (TPSA) is 86.2 Å². The van der Waals surface area contributed by atoms with Crippen LogP contribution in [0, 0.1) is 0 Å². The van der Waals surface area contributed by atoms with E-state index in [1.54, 1.807) is 0 Å². The third-order valence-electron chi connectivity index (χ3n) is 11.9. The quantitative estimate of drug-likeness (QED) is 0.143.